The van der Waals surface area contributed by atoms with Crippen LogP contribution in [0.3, 0.4) is 0 Å². The van der Waals surface area contributed by atoms with Crippen molar-refractivity contribution >= 4 is 75.0 Å². The number of nitrogens with zero attached hydrogens (tertiary/aromatic N) is 1. The van der Waals surface area contributed by atoms with Gasteiger partial charge in [0.2, 0.25) is 0 Å². The van der Waals surface area contributed by atoms with E-state index in [1.54, 1.807) is 6.08 Å². The van der Waals surface area contributed by atoms with Crippen LogP contribution in [0.1, 0.15) is 21.6 Å². The highest BCUT2D eigenvalue weighted by molar-refractivity contribution is 6.54. The molecule has 0 fully saturated rings. The monoisotopic (exact) mass is 408 g/mol. The molecule has 3 nitrogen and oxygen atoms in total. The quantitative estimate of drug-likeness (QED) is 0.390. The third-order valence-corrected chi connectivity index (χ3v) is 5.73. The second kappa shape index (κ2) is 6.19. The average Bonchev–Trinajstić information content (AvgIpc) is 2.94. The Balaban J connectivity index is 1.91. The molecule has 1 aromatic heterocycles. The minimum Gasteiger partial charge on any atom is -0.321 e. The van der Waals surface area contributed by atoms with Gasteiger partial charge in [0.15, 0.2) is 0 Å². The van der Waals surface area contributed by atoms with Crippen LogP contribution >= 0.6 is 46.4 Å². The lowest BCUT2D eigenvalue weighted by molar-refractivity contribution is 0.0981. The van der Waals surface area contributed by atoms with E-state index in [2.05, 4.69) is 10.3 Å². The van der Waals surface area contributed by atoms with Gasteiger partial charge in [0.1, 0.15) is 0 Å². The highest BCUT2D eigenvalue weighted by Crippen LogP contribution is 2.46. The van der Waals surface area contributed by atoms with Crippen molar-refractivity contribution in [2.24, 2.45) is 0 Å². The van der Waals surface area contributed by atoms with E-state index >= 15 is 0 Å². The summed E-state index contributed by atoms with van der Waals surface area (Å²) in [6.45, 7) is 0. The molecule has 1 aliphatic rings. The first-order valence-electron chi connectivity index (χ1n) is 7.22. The number of hydrogen-bond donors (Lipinski definition) is 1. The van der Waals surface area contributed by atoms with Crippen molar-refractivity contribution in [3.63, 3.8) is 0 Å². The van der Waals surface area contributed by atoms with Crippen molar-refractivity contribution in [1.82, 2.24) is 10.3 Å². The van der Waals surface area contributed by atoms with Gasteiger partial charge in [-0.15, -0.1) is 0 Å². The van der Waals surface area contributed by atoms with Crippen LogP contribution in [-0.4, -0.2) is 10.9 Å². The van der Waals surface area contributed by atoms with E-state index in [1.807, 2.05) is 36.4 Å². The SMILES string of the molecule is O=C1N/C(=C\c2ccc3ccccc3n2)c2c(Cl)c(Cl)c(Cl)c(Cl)c21. The largest absolute Gasteiger partial charge is 0.321 e. The number of rotatable bonds is 1. The average molecular weight is 410 g/mol. The minimum atomic E-state index is -0.382. The van der Waals surface area contributed by atoms with Crippen molar-refractivity contribution < 1.29 is 4.79 Å². The number of pyridine rings is 1. The van der Waals surface area contributed by atoms with Crippen molar-refractivity contribution in [1.29, 1.82) is 0 Å². The van der Waals surface area contributed by atoms with Crippen LogP contribution in [0.5, 0.6) is 0 Å². The topological polar surface area (TPSA) is 42.0 Å². The zero-order chi connectivity index (χ0) is 17.7. The molecule has 1 N–H and O–H groups in total. The molecule has 0 radical (unpaired) electrons. The van der Waals surface area contributed by atoms with Gasteiger partial charge in [-0.25, -0.2) is 4.98 Å². The molecule has 0 saturated carbocycles. The number of fused-ring (bicyclic) bond motifs is 2. The molecule has 124 valence electrons. The third-order valence-electron chi connectivity index (χ3n) is 3.92. The lowest BCUT2D eigenvalue weighted by atomic mass is 10.1. The molecule has 0 unspecified atom stereocenters. The molecule has 25 heavy (non-hydrogen) atoms. The molecule has 2 aromatic carbocycles. The summed E-state index contributed by atoms with van der Waals surface area (Å²) in [5.74, 6) is -0.382. The highest BCUT2D eigenvalue weighted by atomic mass is 35.5. The summed E-state index contributed by atoms with van der Waals surface area (Å²) in [6.07, 6.45) is 1.72. The molecule has 0 bridgehead atoms. The summed E-state index contributed by atoms with van der Waals surface area (Å²) in [6, 6.07) is 11.6. The summed E-state index contributed by atoms with van der Waals surface area (Å²) in [7, 11) is 0. The number of aromatic nitrogens is 1. The summed E-state index contributed by atoms with van der Waals surface area (Å²) in [5.41, 5.74) is 2.64. The van der Waals surface area contributed by atoms with Gasteiger partial charge < -0.3 is 5.32 Å². The van der Waals surface area contributed by atoms with Crippen LogP contribution in [-0.2, 0) is 0 Å². The lowest BCUT2D eigenvalue weighted by Gasteiger charge is -2.08. The molecule has 3 aromatic rings. The molecule has 1 aliphatic heterocycles. The lowest BCUT2D eigenvalue weighted by Crippen LogP contribution is -2.12. The van der Waals surface area contributed by atoms with Crippen LogP contribution < -0.4 is 5.32 Å². The summed E-state index contributed by atoms with van der Waals surface area (Å²) in [4.78, 5) is 16.9. The fraction of sp³-hybridized carbons (Fsp3) is 0. The number of amides is 1. The predicted molar refractivity (Wildman–Crippen MR) is 104 cm³/mol. The van der Waals surface area contributed by atoms with Crippen LogP contribution in [0.2, 0.25) is 20.1 Å². The van der Waals surface area contributed by atoms with E-state index in [4.69, 9.17) is 46.4 Å². The normalized spacial score (nSPS) is 14.9. The second-order valence-electron chi connectivity index (χ2n) is 5.45. The van der Waals surface area contributed by atoms with E-state index < -0.39 is 0 Å². The third kappa shape index (κ3) is 2.68. The molecule has 2 heterocycles. The van der Waals surface area contributed by atoms with Gasteiger partial charge in [-0.2, -0.15) is 0 Å². The predicted octanol–water partition coefficient (Wildman–Crippen LogP) is 6.09. The maximum Gasteiger partial charge on any atom is 0.257 e. The smallest absolute Gasteiger partial charge is 0.257 e. The van der Waals surface area contributed by atoms with Gasteiger partial charge in [0, 0.05) is 10.9 Å². The fourth-order valence-corrected chi connectivity index (χ4v) is 3.80. The minimum absolute atomic E-state index is 0.0623. The zero-order valence-corrected chi connectivity index (χ0v) is 15.4. The van der Waals surface area contributed by atoms with Gasteiger partial charge in [0.05, 0.1) is 42.6 Å². The Hall–Kier alpha value is -1.78. The standard InChI is InChI=1S/C18H8Cl4N2O/c19-14-12-11(24-18(25)13(12)15(20)17(22)16(14)21)7-9-6-5-8-3-1-2-4-10(8)23-9/h1-7H,(H,24,25)/b11-7-. The molecule has 7 heteroatoms. The molecule has 4 rings (SSSR count). The number of benzene rings is 2. The Labute approximate surface area is 163 Å². The maximum atomic E-state index is 12.3. The van der Waals surface area contributed by atoms with Crippen LogP contribution in [0, 0.1) is 0 Å². The zero-order valence-electron chi connectivity index (χ0n) is 12.4. The number of para-hydroxylation sites is 1. The van der Waals surface area contributed by atoms with E-state index in [-0.39, 0.29) is 31.6 Å². The van der Waals surface area contributed by atoms with Crippen molar-refractivity contribution in [3.05, 3.63) is 73.3 Å². The van der Waals surface area contributed by atoms with Crippen LogP contribution in [0.15, 0.2) is 36.4 Å². The first-order valence-corrected chi connectivity index (χ1v) is 8.73. The number of hydrogen-bond acceptors (Lipinski definition) is 2. The van der Waals surface area contributed by atoms with Crippen molar-refractivity contribution in [2.45, 2.75) is 0 Å². The maximum absolute atomic E-state index is 12.3. The Kier molecular flexibility index (Phi) is 4.13. The first kappa shape index (κ1) is 16.7. The first-order chi connectivity index (χ1) is 12.0. The van der Waals surface area contributed by atoms with E-state index in [9.17, 15) is 4.79 Å². The Morgan fingerprint density at radius 3 is 2.28 bits per heavy atom. The second-order valence-corrected chi connectivity index (χ2v) is 6.96. The Morgan fingerprint density at radius 1 is 0.840 bits per heavy atom. The number of nitrogens with one attached hydrogen (secondary N) is 1. The van der Waals surface area contributed by atoms with Gasteiger partial charge in [-0.3, -0.25) is 4.79 Å². The molecule has 0 atom stereocenters. The van der Waals surface area contributed by atoms with Gasteiger partial charge in [0.25, 0.3) is 5.91 Å². The van der Waals surface area contributed by atoms with Crippen molar-refractivity contribution in [2.75, 3.05) is 0 Å². The molecular weight excluding hydrogens is 402 g/mol. The Morgan fingerprint density at radius 2 is 1.52 bits per heavy atom. The van der Waals surface area contributed by atoms with Gasteiger partial charge in [-0.1, -0.05) is 70.7 Å². The molecule has 0 aliphatic carbocycles. The van der Waals surface area contributed by atoms with Crippen molar-refractivity contribution in [3.8, 4) is 0 Å². The van der Waals surface area contributed by atoms with E-state index in [1.165, 1.54) is 0 Å². The molecule has 0 spiro atoms. The number of carbonyl (C=O) groups excluding carboxylic acids is 1. The molecule has 0 saturated heterocycles. The van der Waals surface area contributed by atoms with Gasteiger partial charge in [-0.05, 0) is 18.2 Å². The van der Waals surface area contributed by atoms with Crippen LogP contribution in [0.4, 0.5) is 0 Å². The van der Waals surface area contributed by atoms with E-state index in [0.29, 0.717) is 17.0 Å². The summed E-state index contributed by atoms with van der Waals surface area (Å²) < 4.78 is 0. The van der Waals surface area contributed by atoms with Crippen LogP contribution in [0.25, 0.3) is 22.7 Å². The van der Waals surface area contributed by atoms with E-state index in [0.717, 1.165) is 10.9 Å². The number of carbonyl (C=O) groups is 1. The Bertz CT molecular complexity index is 1090. The summed E-state index contributed by atoms with van der Waals surface area (Å²) >= 11 is 24.7. The van der Waals surface area contributed by atoms with Gasteiger partial charge >= 0.3 is 0 Å². The molecule has 1 amide bonds. The summed E-state index contributed by atoms with van der Waals surface area (Å²) in [5, 5.41) is 4.21. The fourth-order valence-electron chi connectivity index (χ4n) is 2.76. The highest BCUT2D eigenvalue weighted by Gasteiger charge is 2.32. The number of halogens is 4. The molecular formula is C18H8Cl4N2O.